The molecule has 2 saturated heterocycles. The monoisotopic (exact) mass is 254 g/mol. The fourth-order valence-corrected chi connectivity index (χ4v) is 3.19. The number of likely N-dealkylation sites (tertiary alicyclic amines) is 1. The number of hydrogen-bond donors (Lipinski definition) is 1. The highest BCUT2D eigenvalue weighted by molar-refractivity contribution is 5.68. The van der Waals surface area contributed by atoms with E-state index in [1.165, 1.54) is 6.42 Å². The van der Waals surface area contributed by atoms with Gasteiger partial charge in [-0.15, -0.1) is 0 Å². The molecule has 18 heavy (non-hydrogen) atoms. The van der Waals surface area contributed by atoms with Gasteiger partial charge in [0.15, 0.2) is 0 Å². The molecule has 1 N–H and O–H groups in total. The van der Waals surface area contributed by atoms with E-state index in [-0.39, 0.29) is 12.1 Å². The van der Waals surface area contributed by atoms with Crippen molar-refractivity contribution in [2.75, 3.05) is 19.6 Å². The van der Waals surface area contributed by atoms with Crippen molar-refractivity contribution in [3.63, 3.8) is 0 Å². The number of nitrogens with one attached hydrogen (secondary N) is 1. The van der Waals surface area contributed by atoms with Crippen molar-refractivity contribution in [2.24, 2.45) is 5.41 Å². The lowest BCUT2D eigenvalue weighted by atomic mass is 9.75. The van der Waals surface area contributed by atoms with Crippen LogP contribution in [0.5, 0.6) is 0 Å². The van der Waals surface area contributed by atoms with Crippen molar-refractivity contribution in [1.29, 1.82) is 0 Å². The zero-order chi connectivity index (χ0) is 13.4. The summed E-state index contributed by atoms with van der Waals surface area (Å²) in [5.41, 5.74) is 0.0266. The zero-order valence-electron chi connectivity index (χ0n) is 12.1. The Kier molecular flexibility index (Phi) is 3.58. The van der Waals surface area contributed by atoms with E-state index in [9.17, 15) is 4.79 Å². The fourth-order valence-electron chi connectivity index (χ4n) is 3.19. The first-order valence-corrected chi connectivity index (χ1v) is 7.02. The lowest BCUT2D eigenvalue weighted by Gasteiger charge is -2.43. The Bertz CT molecular complexity index is 316. The number of piperidine rings is 1. The third-order valence-corrected chi connectivity index (χ3v) is 4.10. The number of carbonyl (C=O) groups excluding carboxylic acids is 1. The largest absolute Gasteiger partial charge is 0.444 e. The molecule has 0 aromatic carbocycles. The van der Waals surface area contributed by atoms with Crippen LogP contribution in [-0.2, 0) is 4.74 Å². The molecule has 2 atom stereocenters. The number of carbonyl (C=O) groups is 1. The normalized spacial score (nSPS) is 32.9. The summed E-state index contributed by atoms with van der Waals surface area (Å²) in [6, 6.07) is 0.286. The average Bonchev–Trinajstić information content (AvgIpc) is 2.63. The molecule has 1 amide bonds. The van der Waals surface area contributed by atoms with Gasteiger partial charge in [-0.05, 0) is 58.9 Å². The van der Waals surface area contributed by atoms with Gasteiger partial charge in [-0.1, -0.05) is 0 Å². The number of amides is 1. The van der Waals surface area contributed by atoms with Crippen molar-refractivity contribution in [1.82, 2.24) is 10.2 Å². The van der Waals surface area contributed by atoms with E-state index in [1.807, 2.05) is 25.7 Å². The molecule has 4 heteroatoms. The van der Waals surface area contributed by atoms with Gasteiger partial charge in [0, 0.05) is 19.1 Å². The van der Waals surface area contributed by atoms with Gasteiger partial charge in [-0.3, -0.25) is 0 Å². The fraction of sp³-hybridized carbons (Fsp3) is 0.929. The smallest absolute Gasteiger partial charge is 0.410 e. The van der Waals surface area contributed by atoms with Crippen LogP contribution >= 0.6 is 0 Å². The molecule has 2 aliphatic rings. The molecule has 2 fully saturated rings. The van der Waals surface area contributed by atoms with Gasteiger partial charge in [0.25, 0.3) is 0 Å². The molecule has 4 nitrogen and oxygen atoms in total. The van der Waals surface area contributed by atoms with Crippen LogP contribution in [0.1, 0.15) is 47.0 Å². The molecule has 0 bridgehead atoms. The van der Waals surface area contributed by atoms with Gasteiger partial charge in [0.05, 0.1) is 0 Å². The first-order chi connectivity index (χ1) is 8.31. The van der Waals surface area contributed by atoms with Gasteiger partial charge in [0.1, 0.15) is 5.60 Å². The van der Waals surface area contributed by atoms with Gasteiger partial charge in [0.2, 0.25) is 0 Å². The van der Waals surface area contributed by atoms with Crippen LogP contribution < -0.4 is 5.32 Å². The van der Waals surface area contributed by atoms with E-state index < -0.39 is 5.60 Å². The van der Waals surface area contributed by atoms with Crippen LogP contribution in [0.15, 0.2) is 0 Å². The molecule has 0 aromatic rings. The summed E-state index contributed by atoms with van der Waals surface area (Å²) in [6.07, 6.45) is 3.29. The predicted molar refractivity (Wildman–Crippen MR) is 71.6 cm³/mol. The Balaban J connectivity index is 1.95. The van der Waals surface area contributed by atoms with Crippen LogP contribution in [0.2, 0.25) is 0 Å². The molecular weight excluding hydrogens is 228 g/mol. The lowest BCUT2D eigenvalue weighted by molar-refractivity contribution is -0.00245. The molecule has 2 heterocycles. The maximum absolute atomic E-state index is 12.1. The van der Waals surface area contributed by atoms with Crippen LogP contribution in [0.25, 0.3) is 0 Å². The van der Waals surface area contributed by atoms with Gasteiger partial charge < -0.3 is 15.0 Å². The Morgan fingerprint density at radius 1 is 1.39 bits per heavy atom. The van der Waals surface area contributed by atoms with Crippen LogP contribution in [-0.4, -0.2) is 42.3 Å². The summed E-state index contributed by atoms with van der Waals surface area (Å²) >= 11 is 0. The molecule has 0 unspecified atom stereocenters. The summed E-state index contributed by atoms with van der Waals surface area (Å²) in [4.78, 5) is 14.0. The van der Waals surface area contributed by atoms with E-state index in [4.69, 9.17) is 4.74 Å². The molecule has 0 aromatic heterocycles. The second-order valence-corrected chi connectivity index (χ2v) is 6.90. The lowest BCUT2D eigenvalue weighted by Crippen LogP contribution is -2.50. The third-order valence-electron chi connectivity index (χ3n) is 4.10. The average molecular weight is 254 g/mol. The van der Waals surface area contributed by atoms with Crippen molar-refractivity contribution in [2.45, 2.75) is 58.6 Å². The van der Waals surface area contributed by atoms with Gasteiger partial charge in [-0.25, -0.2) is 4.79 Å². The highest BCUT2D eigenvalue weighted by Crippen LogP contribution is 2.39. The second kappa shape index (κ2) is 4.72. The van der Waals surface area contributed by atoms with E-state index in [2.05, 4.69) is 12.2 Å². The molecule has 0 aliphatic carbocycles. The molecular formula is C14H26N2O2. The van der Waals surface area contributed by atoms with Gasteiger partial charge >= 0.3 is 6.09 Å². The zero-order valence-corrected chi connectivity index (χ0v) is 12.1. The van der Waals surface area contributed by atoms with Gasteiger partial charge in [-0.2, -0.15) is 0 Å². The number of ether oxygens (including phenoxy) is 1. The molecule has 0 radical (unpaired) electrons. The van der Waals surface area contributed by atoms with Crippen molar-refractivity contribution < 1.29 is 9.53 Å². The second-order valence-electron chi connectivity index (χ2n) is 6.90. The minimum atomic E-state index is -0.402. The van der Waals surface area contributed by atoms with Crippen LogP contribution in [0.3, 0.4) is 0 Å². The van der Waals surface area contributed by atoms with Crippen molar-refractivity contribution in [3.05, 3.63) is 0 Å². The van der Waals surface area contributed by atoms with Crippen molar-refractivity contribution in [3.8, 4) is 0 Å². The molecule has 2 rings (SSSR count). The van der Waals surface area contributed by atoms with Crippen LogP contribution in [0, 0.1) is 5.41 Å². The number of nitrogens with zero attached hydrogens (tertiary/aromatic N) is 1. The van der Waals surface area contributed by atoms with E-state index >= 15 is 0 Å². The maximum atomic E-state index is 12.1. The van der Waals surface area contributed by atoms with E-state index in [1.54, 1.807) is 0 Å². The minimum Gasteiger partial charge on any atom is -0.444 e. The SMILES string of the molecule is C[C@H]1C[C@@]2(CCNC2)CCN1C(=O)OC(C)(C)C. The standard InChI is InChI=1S/C14H26N2O2/c1-11-9-14(5-7-15-10-14)6-8-16(11)12(17)18-13(2,3)4/h11,15H,5-10H2,1-4H3/t11-,14+/m0/s1. The number of rotatable bonds is 0. The van der Waals surface area contributed by atoms with Crippen LogP contribution in [0.4, 0.5) is 4.79 Å². The van der Waals surface area contributed by atoms with Crippen molar-refractivity contribution >= 4 is 6.09 Å². The first-order valence-electron chi connectivity index (χ1n) is 7.02. The topological polar surface area (TPSA) is 41.6 Å². The molecule has 1 spiro atoms. The minimum absolute atomic E-state index is 0.157. The Morgan fingerprint density at radius 3 is 2.61 bits per heavy atom. The Morgan fingerprint density at radius 2 is 2.11 bits per heavy atom. The Hall–Kier alpha value is -0.770. The molecule has 104 valence electrons. The summed E-state index contributed by atoms with van der Waals surface area (Å²) in [6.45, 7) is 11.0. The predicted octanol–water partition coefficient (Wildman–Crippen LogP) is 2.39. The third kappa shape index (κ3) is 2.97. The first kappa shape index (κ1) is 13.7. The Labute approximate surface area is 110 Å². The summed E-state index contributed by atoms with van der Waals surface area (Å²) < 4.78 is 5.47. The number of hydrogen-bond acceptors (Lipinski definition) is 3. The summed E-state index contributed by atoms with van der Waals surface area (Å²) in [7, 11) is 0. The highest BCUT2D eigenvalue weighted by Gasteiger charge is 2.42. The van der Waals surface area contributed by atoms with E-state index in [0.717, 1.165) is 32.5 Å². The van der Waals surface area contributed by atoms with E-state index in [0.29, 0.717) is 5.41 Å². The summed E-state index contributed by atoms with van der Waals surface area (Å²) in [5, 5.41) is 3.45. The maximum Gasteiger partial charge on any atom is 0.410 e. The molecule has 0 saturated carbocycles. The molecule has 2 aliphatic heterocycles. The summed E-state index contributed by atoms with van der Waals surface area (Å²) in [5.74, 6) is 0. The quantitative estimate of drug-likeness (QED) is 0.721. The highest BCUT2D eigenvalue weighted by atomic mass is 16.6.